The molecule has 78 valence electrons. The van der Waals surface area contributed by atoms with E-state index in [1.54, 1.807) is 0 Å². The largest absolute Gasteiger partial charge is 0.369 e. The fraction of sp³-hybridized carbons (Fsp3) is 0.727. The predicted octanol–water partition coefficient (Wildman–Crippen LogP) is 2.36. The van der Waals surface area contributed by atoms with Gasteiger partial charge in [-0.3, -0.25) is 0 Å². The van der Waals surface area contributed by atoms with Crippen LogP contribution in [0.4, 0.5) is 5.95 Å². The molecule has 0 atom stereocenters. The summed E-state index contributed by atoms with van der Waals surface area (Å²) in [6.45, 7) is 2.12. The maximum atomic E-state index is 5.80. The zero-order chi connectivity index (χ0) is 10.1. The minimum Gasteiger partial charge on any atom is -0.369 e. The summed E-state index contributed by atoms with van der Waals surface area (Å²) in [5.74, 6) is 1.32. The van der Waals surface area contributed by atoms with E-state index in [2.05, 4.69) is 11.9 Å². The first-order chi connectivity index (χ1) is 6.70. The molecule has 1 aromatic heterocycles. The highest BCUT2D eigenvalue weighted by Gasteiger charge is 2.21. The third-order valence-electron chi connectivity index (χ3n) is 3.44. The maximum absolute atomic E-state index is 5.80. The van der Waals surface area contributed by atoms with Gasteiger partial charge >= 0.3 is 0 Å². The van der Waals surface area contributed by atoms with Crippen LogP contribution in [0.15, 0.2) is 0 Å². The fourth-order valence-electron chi connectivity index (χ4n) is 2.39. The van der Waals surface area contributed by atoms with E-state index in [0.29, 0.717) is 11.9 Å². The predicted molar refractivity (Wildman–Crippen MR) is 58.2 cm³/mol. The normalized spacial score (nSPS) is 18.7. The number of hydrogen-bond donors (Lipinski definition) is 1. The molecule has 0 aliphatic heterocycles. The van der Waals surface area contributed by atoms with Gasteiger partial charge in [-0.2, -0.15) is 0 Å². The van der Waals surface area contributed by atoms with Crippen molar-refractivity contribution < 1.29 is 0 Å². The topological polar surface area (TPSA) is 43.8 Å². The Morgan fingerprint density at radius 3 is 2.43 bits per heavy atom. The fourth-order valence-corrected chi connectivity index (χ4v) is 2.39. The quantitative estimate of drug-likeness (QED) is 0.744. The molecule has 1 aliphatic carbocycles. The highest BCUT2D eigenvalue weighted by Crippen LogP contribution is 2.33. The van der Waals surface area contributed by atoms with Gasteiger partial charge in [0.1, 0.15) is 0 Å². The number of nitrogens with two attached hydrogens (primary N) is 1. The Balaban J connectivity index is 2.26. The molecular formula is C11H19N3. The Morgan fingerprint density at radius 1 is 1.29 bits per heavy atom. The second kappa shape index (κ2) is 3.64. The van der Waals surface area contributed by atoms with Crippen LogP contribution in [-0.4, -0.2) is 9.55 Å². The van der Waals surface area contributed by atoms with Gasteiger partial charge in [-0.25, -0.2) is 4.98 Å². The molecule has 2 rings (SSSR count). The van der Waals surface area contributed by atoms with Crippen LogP contribution in [0.1, 0.15) is 49.4 Å². The molecule has 0 radical (unpaired) electrons. The molecule has 0 spiro atoms. The first-order valence-corrected chi connectivity index (χ1v) is 5.49. The van der Waals surface area contributed by atoms with Gasteiger partial charge in [0.05, 0.1) is 5.69 Å². The van der Waals surface area contributed by atoms with Crippen molar-refractivity contribution in [2.45, 2.75) is 44.9 Å². The van der Waals surface area contributed by atoms with E-state index in [9.17, 15) is 0 Å². The van der Waals surface area contributed by atoms with Crippen molar-refractivity contribution in [1.82, 2.24) is 9.55 Å². The van der Waals surface area contributed by atoms with Crippen LogP contribution in [-0.2, 0) is 7.05 Å². The lowest BCUT2D eigenvalue weighted by atomic mass is 9.86. The van der Waals surface area contributed by atoms with Crippen molar-refractivity contribution in [3.63, 3.8) is 0 Å². The van der Waals surface area contributed by atoms with Gasteiger partial charge in [-0.1, -0.05) is 19.3 Å². The van der Waals surface area contributed by atoms with Gasteiger partial charge < -0.3 is 10.3 Å². The van der Waals surface area contributed by atoms with Crippen LogP contribution in [0.5, 0.6) is 0 Å². The SMILES string of the molecule is Cc1c(C2CCCCC2)nc(N)n1C. The number of anilines is 1. The monoisotopic (exact) mass is 193 g/mol. The second-order valence-electron chi connectivity index (χ2n) is 4.33. The van der Waals surface area contributed by atoms with Crippen molar-refractivity contribution in [3.8, 4) is 0 Å². The smallest absolute Gasteiger partial charge is 0.200 e. The van der Waals surface area contributed by atoms with Crippen LogP contribution < -0.4 is 5.73 Å². The standard InChI is InChI=1S/C11H19N3/c1-8-10(13-11(12)14(8)2)9-6-4-3-5-7-9/h9H,3-7H2,1-2H3,(H2,12,13). The van der Waals surface area contributed by atoms with E-state index in [1.807, 2.05) is 11.6 Å². The van der Waals surface area contributed by atoms with Crippen LogP contribution in [0.2, 0.25) is 0 Å². The van der Waals surface area contributed by atoms with E-state index in [0.717, 1.165) is 0 Å². The molecule has 2 N–H and O–H groups in total. The summed E-state index contributed by atoms with van der Waals surface area (Å²) in [5, 5.41) is 0. The molecular weight excluding hydrogens is 174 g/mol. The van der Waals surface area contributed by atoms with E-state index < -0.39 is 0 Å². The number of hydrogen-bond acceptors (Lipinski definition) is 2. The summed E-state index contributed by atoms with van der Waals surface area (Å²) in [7, 11) is 1.99. The molecule has 0 bridgehead atoms. The zero-order valence-electron chi connectivity index (χ0n) is 9.08. The van der Waals surface area contributed by atoms with Gasteiger partial charge in [-0.15, -0.1) is 0 Å². The number of rotatable bonds is 1. The lowest BCUT2D eigenvalue weighted by Gasteiger charge is -2.20. The first-order valence-electron chi connectivity index (χ1n) is 5.49. The van der Waals surface area contributed by atoms with Crippen molar-refractivity contribution in [2.24, 2.45) is 7.05 Å². The first kappa shape index (κ1) is 9.56. The number of nitrogens with zero attached hydrogens (tertiary/aromatic N) is 2. The molecule has 1 saturated carbocycles. The number of aromatic nitrogens is 2. The molecule has 3 nitrogen and oxygen atoms in total. The second-order valence-corrected chi connectivity index (χ2v) is 4.33. The summed E-state index contributed by atoms with van der Waals surface area (Å²) in [5.41, 5.74) is 8.29. The van der Waals surface area contributed by atoms with Gasteiger partial charge in [0, 0.05) is 18.7 Å². The number of imidazole rings is 1. The third kappa shape index (κ3) is 1.51. The molecule has 1 aromatic rings. The van der Waals surface area contributed by atoms with E-state index in [4.69, 9.17) is 5.73 Å². The minimum absolute atomic E-state index is 0.656. The van der Waals surface area contributed by atoms with Gasteiger partial charge in [-0.05, 0) is 19.8 Å². The lowest BCUT2D eigenvalue weighted by molar-refractivity contribution is 0.436. The van der Waals surface area contributed by atoms with Crippen LogP contribution in [0, 0.1) is 6.92 Å². The molecule has 0 aromatic carbocycles. The van der Waals surface area contributed by atoms with Crippen LogP contribution in [0.25, 0.3) is 0 Å². The van der Waals surface area contributed by atoms with Crippen LogP contribution >= 0.6 is 0 Å². The highest BCUT2D eigenvalue weighted by atomic mass is 15.1. The van der Waals surface area contributed by atoms with E-state index in [1.165, 1.54) is 43.5 Å². The summed E-state index contributed by atoms with van der Waals surface area (Å²) in [6, 6.07) is 0. The molecule has 1 fully saturated rings. The van der Waals surface area contributed by atoms with Crippen LogP contribution in [0.3, 0.4) is 0 Å². The average molecular weight is 193 g/mol. The summed E-state index contributed by atoms with van der Waals surface area (Å²) < 4.78 is 1.99. The lowest BCUT2D eigenvalue weighted by Crippen LogP contribution is -2.06. The number of nitrogen functional groups attached to an aromatic ring is 1. The third-order valence-corrected chi connectivity index (χ3v) is 3.44. The molecule has 0 amide bonds. The Labute approximate surface area is 85.3 Å². The Kier molecular flexibility index (Phi) is 2.48. The van der Waals surface area contributed by atoms with Crippen molar-refractivity contribution in [2.75, 3.05) is 5.73 Å². The molecule has 1 heterocycles. The zero-order valence-corrected chi connectivity index (χ0v) is 9.08. The Hall–Kier alpha value is -0.990. The van der Waals surface area contributed by atoms with Gasteiger partial charge in [0.15, 0.2) is 5.95 Å². The average Bonchev–Trinajstić information content (AvgIpc) is 2.47. The summed E-state index contributed by atoms with van der Waals surface area (Å²) in [4.78, 5) is 4.47. The summed E-state index contributed by atoms with van der Waals surface area (Å²) >= 11 is 0. The minimum atomic E-state index is 0.656. The molecule has 3 heteroatoms. The van der Waals surface area contributed by atoms with E-state index in [-0.39, 0.29) is 0 Å². The summed E-state index contributed by atoms with van der Waals surface area (Å²) in [6.07, 6.45) is 6.66. The molecule has 0 saturated heterocycles. The van der Waals surface area contributed by atoms with Gasteiger partial charge in [0.2, 0.25) is 0 Å². The molecule has 0 unspecified atom stereocenters. The van der Waals surface area contributed by atoms with Crippen molar-refractivity contribution >= 4 is 5.95 Å². The highest BCUT2D eigenvalue weighted by molar-refractivity contribution is 5.30. The molecule has 1 aliphatic rings. The van der Waals surface area contributed by atoms with Gasteiger partial charge in [0.25, 0.3) is 0 Å². The Bertz CT molecular complexity index is 322. The van der Waals surface area contributed by atoms with Crippen molar-refractivity contribution in [1.29, 1.82) is 0 Å². The maximum Gasteiger partial charge on any atom is 0.200 e. The Morgan fingerprint density at radius 2 is 1.93 bits per heavy atom. The van der Waals surface area contributed by atoms with E-state index >= 15 is 0 Å². The van der Waals surface area contributed by atoms with Crippen molar-refractivity contribution in [3.05, 3.63) is 11.4 Å². The molecule has 14 heavy (non-hydrogen) atoms.